The highest BCUT2D eigenvalue weighted by Crippen LogP contribution is 2.54. The summed E-state index contributed by atoms with van der Waals surface area (Å²) in [7, 11) is 1.61. The molecule has 1 fully saturated rings. The first-order valence-corrected chi connectivity index (χ1v) is 8.66. The van der Waals surface area contributed by atoms with Crippen molar-refractivity contribution in [1.29, 1.82) is 0 Å². The van der Waals surface area contributed by atoms with Crippen molar-refractivity contribution >= 4 is 0 Å². The van der Waals surface area contributed by atoms with E-state index in [0.29, 0.717) is 11.7 Å². The van der Waals surface area contributed by atoms with Crippen LogP contribution in [0.5, 0.6) is 5.88 Å². The van der Waals surface area contributed by atoms with E-state index in [1.165, 1.54) is 0 Å². The van der Waals surface area contributed by atoms with E-state index < -0.39 is 0 Å². The Kier molecular flexibility index (Phi) is 4.06. The third-order valence-corrected chi connectivity index (χ3v) is 4.68. The molecule has 7 heteroatoms. The van der Waals surface area contributed by atoms with Crippen LogP contribution in [0.4, 0.5) is 0 Å². The van der Waals surface area contributed by atoms with Crippen molar-refractivity contribution in [2.75, 3.05) is 7.11 Å². The van der Waals surface area contributed by atoms with Crippen molar-refractivity contribution in [3.05, 3.63) is 54.3 Å². The van der Waals surface area contributed by atoms with Gasteiger partial charge in [-0.15, -0.1) is 0 Å². The van der Waals surface area contributed by atoms with Crippen LogP contribution in [-0.2, 0) is 5.41 Å². The van der Waals surface area contributed by atoms with Gasteiger partial charge in [-0.1, -0.05) is 13.8 Å². The predicted octanol–water partition coefficient (Wildman–Crippen LogP) is 2.94. The molecule has 0 spiro atoms. The lowest BCUT2D eigenvalue weighted by Gasteiger charge is -2.20. The van der Waals surface area contributed by atoms with Crippen molar-refractivity contribution in [3.63, 3.8) is 0 Å². The number of hydrogen-bond donors (Lipinski definition) is 0. The van der Waals surface area contributed by atoms with Gasteiger partial charge in [0.1, 0.15) is 12.2 Å². The lowest BCUT2D eigenvalue weighted by atomic mass is 9.91. The fourth-order valence-electron chi connectivity index (χ4n) is 3.23. The van der Waals surface area contributed by atoms with Gasteiger partial charge in [-0.2, -0.15) is 4.98 Å². The Labute approximate surface area is 152 Å². The van der Waals surface area contributed by atoms with Crippen LogP contribution < -0.4 is 4.74 Å². The van der Waals surface area contributed by atoms with Crippen LogP contribution in [0.1, 0.15) is 49.8 Å². The molecule has 1 saturated carbocycles. The minimum absolute atomic E-state index is 0.220. The maximum Gasteiger partial charge on any atom is 0.216 e. The van der Waals surface area contributed by atoms with E-state index in [9.17, 15) is 0 Å². The van der Waals surface area contributed by atoms with E-state index >= 15 is 0 Å². The van der Waals surface area contributed by atoms with Gasteiger partial charge in [-0.25, -0.2) is 24.9 Å². The predicted molar refractivity (Wildman–Crippen MR) is 95.7 cm³/mol. The monoisotopic (exact) mass is 348 g/mol. The molecule has 0 radical (unpaired) electrons. The van der Waals surface area contributed by atoms with Crippen LogP contribution in [-0.4, -0.2) is 37.0 Å². The Balaban J connectivity index is 1.93. The molecule has 0 N–H and O–H groups in total. The first kappa shape index (κ1) is 16.5. The summed E-state index contributed by atoms with van der Waals surface area (Å²) in [6.07, 6.45) is 8.68. The van der Waals surface area contributed by atoms with Gasteiger partial charge in [0.05, 0.1) is 29.5 Å². The number of rotatable bonds is 5. The third-order valence-electron chi connectivity index (χ3n) is 4.68. The Hall–Kier alpha value is -2.96. The van der Waals surface area contributed by atoms with Crippen LogP contribution in [0.15, 0.2) is 37.1 Å². The fourth-order valence-corrected chi connectivity index (χ4v) is 3.23. The second kappa shape index (κ2) is 6.40. The molecule has 1 aliphatic carbocycles. The summed E-state index contributed by atoms with van der Waals surface area (Å²) in [6, 6.07) is 3.56. The summed E-state index contributed by atoms with van der Waals surface area (Å²) in [5.74, 6) is 2.14. The standard InChI is InChI=1S/C19H20N6O/c1-12(2)15-14(17-20-8-4-9-21-17)16(24-11-23-15)19(6-7-19)18-22-10-5-13(25-18)26-3/h4-5,8-12H,6-7H2,1-3H3. The molecule has 132 valence electrons. The minimum Gasteiger partial charge on any atom is -0.481 e. The van der Waals surface area contributed by atoms with Gasteiger partial charge in [0.25, 0.3) is 0 Å². The number of nitrogens with zero attached hydrogens (tertiary/aromatic N) is 6. The van der Waals surface area contributed by atoms with Gasteiger partial charge in [0.15, 0.2) is 5.82 Å². The van der Waals surface area contributed by atoms with Gasteiger partial charge in [-0.3, -0.25) is 0 Å². The first-order valence-electron chi connectivity index (χ1n) is 8.66. The van der Waals surface area contributed by atoms with E-state index in [1.54, 1.807) is 44.2 Å². The van der Waals surface area contributed by atoms with Gasteiger partial charge < -0.3 is 4.74 Å². The molecule has 0 aliphatic heterocycles. The molecule has 0 amide bonds. The van der Waals surface area contributed by atoms with Crippen LogP contribution >= 0.6 is 0 Å². The molecule has 1 aliphatic rings. The molecule has 7 nitrogen and oxygen atoms in total. The molecule has 0 unspecified atom stereocenters. The van der Waals surface area contributed by atoms with E-state index in [2.05, 4.69) is 43.8 Å². The van der Waals surface area contributed by atoms with Crippen LogP contribution in [0, 0.1) is 0 Å². The molecular formula is C19H20N6O. The minimum atomic E-state index is -0.338. The summed E-state index contributed by atoms with van der Waals surface area (Å²) in [4.78, 5) is 27.2. The maximum absolute atomic E-state index is 5.28. The van der Waals surface area contributed by atoms with Crippen molar-refractivity contribution in [1.82, 2.24) is 29.9 Å². The second-order valence-electron chi connectivity index (χ2n) is 6.71. The molecule has 3 aromatic heterocycles. The highest BCUT2D eigenvalue weighted by Gasteiger charge is 2.52. The molecule has 26 heavy (non-hydrogen) atoms. The highest BCUT2D eigenvalue weighted by atomic mass is 16.5. The number of methoxy groups -OCH3 is 1. The number of aromatic nitrogens is 6. The lowest BCUT2D eigenvalue weighted by Crippen LogP contribution is -2.19. The number of ether oxygens (including phenoxy) is 1. The molecule has 3 heterocycles. The highest BCUT2D eigenvalue weighted by molar-refractivity contribution is 5.66. The fraction of sp³-hybridized carbons (Fsp3) is 0.368. The van der Waals surface area contributed by atoms with Crippen molar-refractivity contribution in [2.45, 2.75) is 38.0 Å². The largest absolute Gasteiger partial charge is 0.481 e. The first-order chi connectivity index (χ1) is 12.7. The Morgan fingerprint density at radius 2 is 1.77 bits per heavy atom. The van der Waals surface area contributed by atoms with Crippen LogP contribution in [0.3, 0.4) is 0 Å². The van der Waals surface area contributed by atoms with E-state index in [1.807, 2.05) is 0 Å². The van der Waals surface area contributed by atoms with Crippen molar-refractivity contribution < 1.29 is 4.74 Å². The summed E-state index contributed by atoms with van der Waals surface area (Å²) in [5, 5.41) is 0. The summed E-state index contributed by atoms with van der Waals surface area (Å²) >= 11 is 0. The van der Waals surface area contributed by atoms with Crippen LogP contribution in [0.2, 0.25) is 0 Å². The molecular weight excluding hydrogens is 328 g/mol. The SMILES string of the molecule is COc1ccnc(C2(c3ncnc(C(C)C)c3-c3ncccn3)CC2)n1. The van der Waals surface area contributed by atoms with E-state index in [4.69, 9.17) is 4.74 Å². The van der Waals surface area contributed by atoms with Gasteiger partial charge in [-0.05, 0) is 24.8 Å². The Bertz CT molecular complexity index is 924. The smallest absolute Gasteiger partial charge is 0.216 e. The van der Waals surface area contributed by atoms with Gasteiger partial charge in [0.2, 0.25) is 5.88 Å². The molecule has 0 saturated heterocycles. The normalized spacial score (nSPS) is 15.1. The average molecular weight is 348 g/mol. The molecule has 0 bridgehead atoms. The zero-order chi connectivity index (χ0) is 18.1. The summed E-state index contributed by atoms with van der Waals surface area (Å²) in [6.45, 7) is 4.22. The zero-order valence-corrected chi connectivity index (χ0v) is 15.0. The maximum atomic E-state index is 5.28. The van der Waals surface area contributed by atoms with Gasteiger partial charge in [0, 0.05) is 24.7 Å². The molecule has 0 aromatic carbocycles. The van der Waals surface area contributed by atoms with E-state index in [0.717, 1.165) is 35.6 Å². The Morgan fingerprint density at radius 1 is 1.00 bits per heavy atom. The quantitative estimate of drug-likeness (QED) is 0.700. The van der Waals surface area contributed by atoms with E-state index in [-0.39, 0.29) is 11.3 Å². The van der Waals surface area contributed by atoms with Crippen LogP contribution in [0.25, 0.3) is 11.4 Å². The number of hydrogen-bond acceptors (Lipinski definition) is 7. The van der Waals surface area contributed by atoms with Crippen molar-refractivity contribution in [2.24, 2.45) is 0 Å². The zero-order valence-electron chi connectivity index (χ0n) is 15.0. The van der Waals surface area contributed by atoms with Gasteiger partial charge >= 0.3 is 0 Å². The average Bonchev–Trinajstić information content (AvgIpc) is 3.50. The molecule has 3 aromatic rings. The van der Waals surface area contributed by atoms with Crippen molar-refractivity contribution in [3.8, 4) is 17.3 Å². The Morgan fingerprint density at radius 3 is 2.42 bits per heavy atom. The molecule has 4 rings (SSSR count). The third kappa shape index (κ3) is 2.69. The topological polar surface area (TPSA) is 86.6 Å². The lowest BCUT2D eigenvalue weighted by molar-refractivity contribution is 0.393. The summed E-state index contributed by atoms with van der Waals surface area (Å²) in [5.41, 5.74) is 2.40. The summed E-state index contributed by atoms with van der Waals surface area (Å²) < 4.78 is 5.28. The molecule has 0 atom stereocenters. The second-order valence-corrected chi connectivity index (χ2v) is 6.71.